The van der Waals surface area contributed by atoms with E-state index in [9.17, 15) is 0 Å². The van der Waals surface area contributed by atoms with Gasteiger partial charge in [0.1, 0.15) is 0 Å². The molecule has 0 radical (unpaired) electrons. The summed E-state index contributed by atoms with van der Waals surface area (Å²) in [5, 5.41) is 0.909. The van der Waals surface area contributed by atoms with Crippen LogP contribution in [-0.4, -0.2) is 18.6 Å². The minimum atomic E-state index is 0.345. The van der Waals surface area contributed by atoms with E-state index in [1.807, 2.05) is 12.1 Å². The van der Waals surface area contributed by atoms with Gasteiger partial charge >= 0.3 is 0 Å². The molecule has 2 aliphatic rings. The Labute approximate surface area is 95.0 Å². The Bertz CT molecular complexity index is 391. The van der Waals surface area contributed by atoms with Gasteiger partial charge in [0.05, 0.1) is 0 Å². The van der Waals surface area contributed by atoms with Gasteiger partial charge in [0.2, 0.25) is 0 Å². The molecule has 1 aromatic rings. The second kappa shape index (κ2) is 3.39. The van der Waals surface area contributed by atoms with Crippen molar-refractivity contribution in [3.8, 4) is 0 Å². The smallest absolute Gasteiger partial charge is 0.0458 e. The van der Waals surface area contributed by atoms with E-state index in [0.717, 1.165) is 30.8 Å². The fraction of sp³-hybridized carbons (Fsp3) is 0.500. The van der Waals surface area contributed by atoms with Gasteiger partial charge in [-0.1, -0.05) is 17.7 Å². The Morgan fingerprint density at radius 2 is 2.20 bits per heavy atom. The largest absolute Gasteiger partial charge is 0.367 e. The van der Waals surface area contributed by atoms with Crippen LogP contribution in [0.5, 0.6) is 0 Å². The number of halogens is 1. The van der Waals surface area contributed by atoms with Gasteiger partial charge in [0.25, 0.3) is 0 Å². The first kappa shape index (κ1) is 9.49. The summed E-state index contributed by atoms with van der Waals surface area (Å²) in [6.07, 6.45) is 3.33. The molecule has 1 aromatic carbocycles. The maximum absolute atomic E-state index is 6.21. The number of nitrogens with two attached hydrogens (primary N) is 1. The van der Waals surface area contributed by atoms with Crippen molar-refractivity contribution in [2.75, 3.05) is 11.4 Å². The van der Waals surface area contributed by atoms with E-state index in [2.05, 4.69) is 11.0 Å². The number of hydrogen-bond acceptors (Lipinski definition) is 2. The van der Waals surface area contributed by atoms with Crippen molar-refractivity contribution in [1.82, 2.24) is 0 Å². The summed E-state index contributed by atoms with van der Waals surface area (Å²) < 4.78 is 0. The Balaban J connectivity index is 2.06. The predicted molar refractivity (Wildman–Crippen MR) is 63.5 cm³/mol. The second-order valence-corrected chi connectivity index (χ2v) is 4.90. The number of anilines is 1. The molecule has 0 amide bonds. The lowest BCUT2D eigenvalue weighted by Gasteiger charge is -2.35. The fourth-order valence-electron chi connectivity index (χ4n) is 2.90. The van der Waals surface area contributed by atoms with Crippen LogP contribution in [0.15, 0.2) is 18.2 Å². The normalized spacial score (nSPS) is 28.8. The van der Waals surface area contributed by atoms with Crippen LogP contribution in [0.4, 0.5) is 5.69 Å². The maximum atomic E-state index is 6.21. The summed E-state index contributed by atoms with van der Waals surface area (Å²) in [4.78, 5) is 2.44. The molecule has 3 rings (SSSR count). The topological polar surface area (TPSA) is 29.3 Å². The Kier molecular flexibility index (Phi) is 2.15. The van der Waals surface area contributed by atoms with Gasteiger partial charge in [0.15, 0.2) is 0 Å². The molecule has 2 aliphatic heterocycles. The van der Waals surface area contributed by atoms with E-state index in [4.69, 9.17) is 17.3 Å². The predicted octanol–water partition coefficient (Wildman–Crippen LogP) is 2.19. The van der Waals surface area contributed by atoms with Crippen LogP contribution in [0.2, 0.25) is 5.02 Å². The van der Waals surface area contributed by atoms with Crippen LogP contribution in [0.3, 0.4) is 0 Å². The molecule has 15 heavy (non-hydrogen) atoms. The summed E-state index contributed by atoms with van der Waals surface area (Å²) in [6.45, 7) is 1.08. The Hall–Kier alpha value is -0.730. The minimum absolute atomic E-state index is 0.345. The number of rotatable bonds is 0. The van der Waals surface area contributed by atoms with Crippen molar-refractivity contribution in [2.24, 2.45) is 5.73 Å². The molecule has 0 saturated carbocycles. The van der Waals surface area contributed by atoms with Gasteiger partial charge in [0, 0.05) is 29.3 Å². The first-order valence-corrected chi connectivity index (χ1v) is 5.95. The molecule has 2 nitrogen and oxygen atoms in total. The monoisotopic (exact) mass is 222 g/mol. The van der Waals surface area contributed by atoms with Gasteiger partial charge in [-0.2, -0.15) is 0 Å². The van der Waals surface area contributed by atoms with Gasteiger partial charge < -0.3 is 10.6 Å². The van der Waals surface area contributed by atoms with E-state index in [-0.39, 0.29) is 0 Å². The molecule has 2 heterocycles. The molecule has 0 bridgehead atoms. The average Bonchev–Trinajstić information content (AvgIpc) is 2.61. The van der Waals surface area contributed by atoms with Gasteiger partial charge in [-0.05, 0) is 37.0 Å². The zero-order valence-electron chi connectivity index (χ0n) is 8.62. The van der Waals surface area contributed by atoms with Gasteiger partial charge in [-0.25, -0.2) is 0 Å². The summed E-state index contributed by atoms with van der Waals surface area (Å²) >= 11 is 6.21. The van der Waals surface area contributed by atoms with E-state index in [1.54, 1.807) is 0 Å². The molecule has 2 N–H and O–H groups in total. The highest BCUT2D eigenvalue weighted by Crippen LogP contribution is 2.38. The molecular formula is C12H15ClN2. The summed E-state index contributed by atoms with van der Waals surface area (Å²) in [7, 11) is 0. The van der Waals surface area contributed by atoms with Crippen LogP contribution in [0.1, 0.15) is 18.4 Å². The third-order valence-corrected chi connectivity index (χ3v) is 4.05. The van der Waals surface area contributed by atoms with Crippen LogP contribution >= 0.6 is 11.6 Å². The molecule has 2 atom stereocenters. The number of benzene rings is 1. The van der Waals surface area contributed by atoms with Crippen molar-refractivity contribution in [3.05, 3.63) is 28.8 Å². The van der Waals surface area contributed by atoms with Crippen LogP contribution in [-0.2, 0) is 6.42 Å². The average molecular weight is 223 g/mol. The van der Waals surface area contributed by atoms with Crippen molar-refractivity contribution >= 4 is 17.3 Å². The molecule has 1 fully saturated rings. The fourth-order valence-corrected chi connectivity index (χ4v) is 3.17. The molecule has 0 spiro atoms. The number of hydrogen-bond donors (Lipinski definition) is 1. The molecule has 0 aromatic heterocycles. The summed E-state index contributed by atoms with van der Waals surface area (Å²) in [5.74, 6) is 0. The first-order chi connectivity index (χ1) is 7.27. The number of nitrogens with zero attached hydrogens (tertiary/aromatic N) is 1. The first-order valence-electron chi connectivity index (χ1n) is 5.57. The van der Waals surface area contributed by atoms with Crippen LogP contribution in [0, 0.1) is 0 Å². The highest BCUT2D eigenvalue weighted by atomic mass is 35.5. The lowest BCUT2D eigenvalue weighted by molar-refractivity contribution is 0.527. The quantitative estimate of drug-likeness (QED) is 0.729. The zero-order valence-corrected chi connectivity index (χ0v) is 9.37. The van der Waals surface area contributed by atoms with Crippen molar-refractivity contribution in [3.63, 3.8) is 0 Å². The third kappa shape index (κ3) is 1.35. The zero-order chi connectivity index (χ0) is 10.4. The highest BCUT2D eigenvalue weighted by Gasteiger charge is 2.35. The number of fused-ring (bicyclic) bond motifs is 3. The molecule has 0 aliphatic carbocycles. The van der Waals surface area contributed by atoms with Crippen molar-refractivity contribution in [1.29, 1.82) is 0 Å². The molecule has 3 heteroatoms. The Morgan fingerprint density at radius 1 is 1.33 bits per heavy atom. The second-order valence-electron chi connectivity index (χ2n) is 4.49. The summed E-state index contributed by atoms with van der Waals surface area (Å²) in [6, 6.07) is 7.07. The Morgan fingerprint density at radius 3 is 3.07 bits per heavy atom. The van der Waals surface area contributed by atoms with E-state index < -0.39 is 0 Å². The summed E-state index contributed by atoms with van der Waals surface area (Å²) in [5.41, 5.74) is 8.73. The SMILES string of the molecule is NC1CCN2c3cccc(Cl)c3CCC12. The lowest BCUT2D eigenvalue weighted by atomic mass is 9.94. The van der Waals surface area contributed by atoms with Crippen molar-refractivity contribution < 1.29 is 0 Å². The third-order valence-electron chi connectivity index (χ3n) is 3.69. The van der Waals surface area contributed by atoms with Crippen molar-refractivity contribution in [2.45, 2.75) is 31.3 Å². The van der Waals surface area contributed by atoms with E-state index in [0.29, 0.717) is 12.1 Å². The van der Waals surface area contributed by atoms with Gasteiger partial charge in [-0.15, -0.1) is 0 Å². The lowest BCUT2D eigenvalue weighted by Crippen LogP contribution is -2.42. The van der Waals surface area contributed by atoms with E-state index >= 15 is 0 Å². The molecular weight excluding hydrogens is 208 g/mol. The van der Waals surface area contributed by atoms with Gasteiger partial charge in [-0.3, -0.25) is 0 Å². The highest BCUT2D eigenvalue weighted by molar-refractivity contribution is 6.31. The molecule has 1 saturated heterocycles. The minimum Gasteiger partial charge on any atom is -0.367 e. The van der Waals surface area contributed by atoms with E-state index in [1.165, 1.54) is 11.3 Å². The standard InChI is InChI=1S/C12H15ClN2/c13-9-2-1-3-11-8(9)4-5-12-10(14)6-7-15(11)12/h1-3,10,12H,4-7,14H2. The van der Waals surface area contributed by atoms with Crippen LogP contribution in [0.25, 0.3) is 0 Å². The molecule has 2 unspecified atom stereocenters. The molecule has 80 valence electrons. The maximum Gasteiger partial charge on any atom is 0.0458 e. The van der Waals surface area contributed by atoms with Crippen LogP contribution < -0.4 is 10.6 Å².